The van der Waals surface area contributed by atoms with E-state index in [1.54, 1.807) is 0 Å². The molecule has 7 aromatic carbocycles. The molecule has 0 radical (unpaired) electrons. The van der Waals surface area contributed by atoms with Gasteiger partial charge in [0.25, 0.3) is 0 Å². The molecule has 4 atom stereocenters. The number of aryl methyl sites for hydroxylation is 1. The first-order chi connectivity index (χ1) is 32.2. The summed E-state index contributed by atoms with van der Waals surface area (Å²) in [5.74, 6) is 0.659. The molecule has 0 fully saturated rings. The minimum atomic E-state index is 0.171. The van der Waals surface area contributed by atoms with E-state index in [0.29, 0.717) is 5.92 Å². The van der Waals surface area contributed by atoms with Gasteiger partial charge in [0.15, 0.2) is 0 Å². The zero-order valence-corrected chi connectivity index (χ0v) is 36.8. The molecule has 9 aromatic rings. The molecular formula is C61H50N4. The molecule has 314 valence electrons. The van der Waals surface area contributed by atoms with Crippen LogP contribution < -0.4 is 9.80 Å². The van der Waals surface area contributed by atoms with Gasteiger partial charge in [-0.25, -0.2) is 0 Å². The Hall–Kier alpha value is -7.56. The Kier molecular flexibility index (Phi) is 8.77. The zero-order chi connectivity index (χ0) is 43.2. The van der Waals surface area contributed by atoms with Crippen molar-refractivity contribution in [3.8, 4) is 22.5 Å². The second-order valence-electron chi connectivity index (χ2n) is 18.2. The molecule has 0 spiro atoms. The van der Waals surface area contributed by atoms with Crippen LogP contribution in [0.1, 0.15) is 60.9 Å². The van der Waals surface area contributed by atoms with Gasteiger partial charge in [-0.2, -0.15) is 0 Å². The second kappa shape index (κ2) is 15.0. The first-order valence-electron chi connectivity index (χ1n) is 23.5. The van der Waals surface area contributed by atoms with Crippen LogP contribution in [0.2, 0.25) is 0 Å². The van der Waals surface area contributed by atoms with Gasteiger partial charge in [-0.15, -0.1) is 0 Å². The number of anilines is 4. The van der Waals surface area contributed by atoms with E-state index in [1.165, 1.54) is 89.0 Å². The Morgan fingerprint density at radius 1 is 0.554 bits per heavy atom. The van der Waals surface area contributed by atoms with Crippen molar-refractivity contribution in [3.05, 3.63) is 223 Å². The summed E-state index contributed by atoms with van der Waals surface area (Å²) in [4.78, 5) is 5.24. The first-order valence-corrected chi connectivity index (χ1v) is 23.5. The smallest absolute Gasteiger partial charge is 0.0629 e. The van der Waals surface area contributed by atoms with Crippen LogP contribution in [-0.2, 0) is 6.42 Å². The van der Waals surface area contributed by atoms with Crippen molar-refractivity contribution in [2.24, 2.45) is 0 Å². The predicted octanol–water partition coefficient (Wildman–Crippen LogP) is 15.7. The predicted molar refractivity (Wildman–Crippen MR) is 274 cm³/mol. The van der Waals surface area contributed by atoms with E-state index in [1.807, 2.05) is 0 Å². The Morgan fingerprint density at radius 2 is 1.11 bits per heavy atom. The van der Waals surface area contributed by atoms with Crippen LogP contribution in [0.4, 0.5) is 22.7 Å². The van der Waals surface area contributed by atoms with Gasteiger partial charge in [-0.05, 0) is 127 Å². The van der Waals surface area contributed by atoms with Crippen LogP contribution in [0.15, 0.2) is 200 Å². The number of allylic oxidation sites excluding steroid dienone is 4. The van der Waals surface area contributed by atoms with Crippen molar-refractivity contribution in [1.82, 2.24) is 9.13 Å². The molecule has 4 heteroatoms. The molecular weight excluding hydrogens is 789 g/mol. The summed E-state index contributed by atoms with van der Waals surface area (Å²) in [5.41, 5.74) is 18.8. The highest BCUT2D eigenvalue weighted by atomic mass is 15.2. The van der Waals surface area contributed by atoms with Crippen LogP contribution in [0, 0.1) is 0 Å². The quantitative estimate of drug-likeness (QED) is 0.149. The lowest BCUT2D eigenvalue weighted by atomic mass is 9.91. The summed E-state index contributed by atoms with van der Waals surface area (Å²) in [6, 6.07) is 60.0. The lowest BCUT2D eigenvalue weighted by Crippen LogP contribution is -2.30. The molecule has 4 nitrogen and oxygen atoms in total. The zero-order valence-electron chi connectivity index (χ0n) is 36.8. The van der Waals surface area contributed by atoms with Gasteiger partial charge >= 0.3 is 0 Å². The van der Waals surface area contributed by atoms with E-state index in [2.05, 4.69) is 239 Å². The number of hydrogen-bond donors (Lipinski definition) is 0. The van der Waals surface area contributed by atoms with Gasteiger partial charge in [-0.1, -0.05) is 140 Å². The lowest BCUT2D eigenvalue weighted by molar-refractivity contribution is 0.620. The second-order valence-corrected chi connectivity index (χ2v) is 18.2. The number of fused-ring (bicyclic) bond motifs is 10. The minimum absolute atomic E-state index is 0.171. The molecule has 4 unspecified atom stereocenters. The molecule has 0 amide bonds. The third-order valence-corrected chi connectivity index (χ3v) is 14.7. The van der Waals surface area contributed by atoms with Gasteiger partial charge < -0.3 is 18.9 Å². The fourth-order valence-electron chi connectivity index (χ4n) is 12.1. The minimum Gasteiger partial charge on any atom is -0.334 e. The molecule has 2 aliphatic carbocycles. The molecule has 0 saturated carbocycles. The summed E-state index contributed by atoms with van der Waals surface area (Å²) in [7, 11) is 0. The Bertz CT molecular complexity index is 3440. The maximum absolute atomic E-state index is 2.63. The van der Waals surface area contributed by atoms with E-state index in [9.17, 15) is 0 Å². The summed E-state index contributed by atoms with van der Waals surface area (Å²) in [5, 5.41) is 3.86. The van der Waals surface area contributed by atoms with Crippen molar-refractivity contribution in [1.29, 1.82) is 0 Å². The molecule has 0 N–H and O–H groups in total. The highest BCUT2D eigenvalue weighted by molar-refractivity contribution is 6.09. The Labute approximate surface area is 381 Å². The standard InChI is InChI=1S/C61H50N4/c1-3-19-54-46(4-2)47-20-5-12-27-55(47)62(54)42-34-40(35-43(38-42)63-56-28-13-6-21-48(56)49-22-7-14-29-57(49)63)41-36-44(64-58-30-15-8-23-50(58)51-24-9-16-31-59(51)64)39-45(37-41)65-60-32-17-10-25-52(60)53-26-11-18-33-61(53)65/h3,5-10,12-25,27-39,46,48,54,56H,4,11,26H2,1-2H3/b19-3-. The molecule has 13 rings (SSSR count). The lowest BCUT2D eigenvalue weighted by Gasteiger charge is -2.33. The molecule has 2 aromatic heterocycles. The number of para-hydroxylation sites is 5. The maximum atomic E-state index is 2.63. The van der Waals surface area contributed by atoms with Crippen LogP contribution in [0.3, 0.4) is 0 Å². The fraction of sp³-hybridized carbons (Fsp3) is 0.148. The Morgan fingerprint density at radius 3 is 1.82 bits per heavy atom. The van der Waals surface area contributed by atoms with E-state index in [0.717, 1.165) is 30.6 Å². The van der Waals surface area contributed by atoms with Crippen molar-refractivity contribution < 1.29 is 0 Å². The van der Waals surface area contributed by atoms with Crippen LogP contribution in [0.5, 0.6) is 0 Å². The monoisotopic (exact) mass is 838 g/mol. The molecule has 0 saturated heterocycles. The number of aromatic nitrogens is 2. The van der Waals surface area contributed by atoms with Crippen LogP contribution in [0.25, 0.3) is 61.3 Å². The molecule has 4 heterocycles. The average Bonchev–Trinajstić information content (AvgIpc) is 4.09. The molecule has 0 bridgehead atoms. The third kappa shape index (κ3) is 5.76. The highest BCUT2D eigenvalue weighted by Gasteiger charge is 2.40. The van der Waals surface area contributed by atoms with E-state index >= 15 is 0 Å². The van der Waals surface area contributed by atoms with Crippen molar-refractivity contribution in [2.75, 3.05) is 9.80 Å². The van der Waals surface area contributed by atoms with Gasteiger partial charge in [0.05, 0.1) is 28.6 Å². The Balaban J connectivity index is 1.11. The van der Waals surface area contributed by atoms with Gasteiger partial charge in [0.1, 0.15) is 0 Å². The number of hydrogen-bond acceptors (Lipinski definition) is 2. The van der Waals surface area contributed by atoms with Crippen molar-refractivity contribution in [3.63, 3.8) is 0 Å². The summed E-state index contributed by atoms with van der Waals surface area (Å²) >= 11 is 0. The van der Waals surface area contributed by atoms with Gasteiger partial charge in [-0.3, -0.25) is 0 Å². The first kappa shape index (κ1) is 37.9. The normalized spacial score (nSPS) is 19.5. The highest BCUT2D eigenvalue weighted by Crippen LogP contribution is 2.52. The fourth-order valence-corrected chi connectivity index (χ4v) is 12.1. The summed E-state index contributed by atoms with van der Waals surface area (Å²) in [6.45, 7) is 4.51. The number of rotatable bonds is 7. The van der Waals surface area contributed by atoms with E-state index < -0.39 is 0 Å². The number of benzene rings is 7. The average molecular weight is 839 g/mol. The van der Waals surface area contributed by atoms with E-state index in [4.69, 9.17) is 0 Å². The number of nitrogens with zero attached hydrogens (tertiary/aromatic N) is 4. The van der Waals surface area contributed by atoms with Crippen LogP contribution >= 0.6 is 0 Å². The summed E-state index contributed by atoms with van der Waals surface area (Å²) < 4.78 is 5.01. The third-order valence-electron chi connectivity index (χ3n) is 14.7. The van der Waals surface area contributed by atoms with Crippen LogP contribution in [-0.4, -0.2) is 21.2 Å². The van der Waals surface area contributed by atoms with Gasteiger partial charge in [0, 0.05) is 67.8 Å². The summed E-state index contributed by atoms with van der Waals surface area (Å²) in [6.07, 6.45) is 21.8. The van der Waals surface area contributed by atoms with Gasteiger partial charge in [0.2, 0.25) is 0 Å². The maximum Gasteiger partial charge on any atom is 0.0629 e. The molecule has 2 aliphatic heterocycles. The largest absolute Gasteiger partial charge is 0.334 e. The van der Waals surface area contributed by atoms with E-state index in [-0.39, 0.29) is 18.0 Å². The molecule has 4 aliphatic rings. The topological polar surface area (TPSA) is 16.3 Å². The molecule has 65 heavy (non-hydrogen) atoms. The SMILES string of the molecule is C/C=C\C1C(CC)c2ccccc2N1c1cc(-c2cc(-n3c4c(c5ccccc53)CCC=C4)cc(-n3c4ccccc4c4ccccc43)c2)cc(N2c3ccccc3C3C=CC=CC32)c1. The van der Waals surface area contributed by atoms with Crippen molar-refractivity contribution in [2.45, 2.75) is 57.0 Å². The van der Waals surface area contributed by atoms with Crippen molar-refractivity contribution >= 4 is 61.5 Å².